The van der Waals surface area contributed by atoms with Crippen LogP contribution in [0.1, 0.15) is 0 Å². The average Bonchev–Trinajstić information content (AvgIpc) is 1.69. The topological polar surface area (TPSA) is 25.8 Å². The van der Waals surface area contributed by atoms with Gasteiger partial charge in [-0.2, -0.15) is 0 Å². The first-order valence-electron chi connectivity index (χ1n) is 1.73. The number of halogens is 1. The van der Waals surface area contributed by atoms with E-state index in [1.807, 2.05) is 0 Å². The maximum atomic E-state index is 3.60. The predicted molar refractivity (Wildman–Crippen MR) is 28.6 cm³/mol. The highest BCUT2D eigenvalue weighted by Crippen LogP contribution is 2.00. The smallest absolute Gasteiger partial charge is 0.197 e. The summed E-state index contributed by atoms with van der Waals surface area (Å²) in [5.74, 6) is 0. The SMILES string of the molecule is Brc1cn[c]nc1. The number of nitrogens with zero attached hydrogens (tertiary/aromatic N) is 2. The Balaban J connectivity index is 3.02. The van der Waals surface area contributed by atoms with Crippen LogP contribution in [0.2, 0.25) is 0 Å². The second-order valence-corrected chi connectivity index (χ2v) is 1.92. The molecular weight excluding hydrogens is 156 g/mol. The van der Waals surface area contributed by atoms with E-state index in [0.717, 1.165) is 4.47 Å². The van der Waals surface area contributed by atoms with Crippen LogP contribution in [-0.2, 0) is 0 Å². The van der Waals surface area contributed by atoms with Gasteiger partial charge in [0.1, 0.15) is 0 Å². The van der Waals surface area contributed by atoms with Crippen molar-refractivity contribution in [2.45, 2.75) is 0 Å². The van der Waals surface area contributed by atoms with Crippen molar-refractivity contribution in [1.82, 2.24) is 9.97 Å². The molecule has 0 spiro atoms. The Morgan fingerprint density at radius 3 is 2.29 bits per heavy atom. The molecule has 3 heteroatoms. The van der Waals surface area contributed by atoms with Crippen LogP contribution in [0.5, 0.6) is 0 Å². The van der Waals surface area contributed by atoms with Gasteiger partial charge in [-0.05, 0) is 15.9 Å². The third-order valence-electron chi connectivity index (χ3n) is 0.491. The summed E-state index contributed by atoms with van der Waals surface area (Å²) in [4.78, 5) is 7.20. The van der Waals surface area contributed by atoms with E-state index in [9.17, 15) is 0 Å². The summed E-state index contributed by atoms with van der Waals surface area (Å²) in [6.07, 6.45) is 5.67. The number of hydrogen-bond acceptors (Lipinski definition) is 2. The summed E-state index contributed by atoms with van der Waals surface area (Å²) < 4.78 is 0.881. The zero-order valence-electron chi connectivity index (χ0n) is 3.43. The van der Waals surface area contributed by atoms with Crippen molar-refractivity contribution < 1.29 is 0 Å². The molecule has 0 aliphatic carbocycles. The molecule has 1 aromatic heterocycles. The molecule has 35 valence electrons. The van der Waals surface area contributed by atoms with Crippen LogP contribution in [-0.4, -0.2) is 9.97 Å². The summed E-state index contributed by atoms with van der Waals surface area (Å²) >= 11 is 3.17. The molecule has 1 radical (unpaired) electrons. The van der Waals surface area contributed by atoms with Crippen LogP contribution in [0.15, 0.2) is 16.9 Å². The molecule has 1 aromatic rings. The van der Waals surface area contributed by atoms with Gasteiger partial charge in [-0.3, -0.25) is 0 Å². The van der Waals surface area contributed by atoms with Crippen molar-refractivity contribution in [3.63, 3.8) is 0 Å². The largest absolute Gasteiger partial charge is 0.233 e. The minimum atomic E-state index is 0.881. The lowest BCUT2D eigenvalue weighted by molar-refractivity contribution is 1.13. The lowest BCUT2D eigenvalue weighted by atomic mass is 10.7. The van der Waals surface area contributed by atoms with Gasteiger partial charge in [-0.15, -0.1) is 0 Å². The van der Waals surface area contributed by atoms with Gasteiger partial charge < -0.3 is 0 Å². The van der Waals surface area contributed by atoms with E-state index in [0.29, 0.717) is 0 Å². The van der Waals surface area contributed by atoms with Crippen molar-refractivity contribution in [3.8, 4) is 0 Å². The Morgan fingerprint density at radius 2 is 2.00 bits per heavy atom. The Morgan fingerprint density at radius 1 is 1.43 bits per heavy atom. The Bertz CT molecular complexity index is 140. The first-order valence-corrected chi connectivity index (χ1v) is 2.52. The predicted octanol–water partition coefficient (Wildman–Crippen LogP) is 1.04. The number of aromatic nitrogens is 2. The lowest BCUT2D eigenvalue weighted by Crippen LogP contribution is -1.72. The van der Waals surface area contributed by atoms with Crippen molar-refractivity contribution in [2.24, 2.45) is 0 Å². The van der Waals surface area contributed by atoms with Gasteiger partial charge >= 0.3 is 0 Å². The molecule has 0 aliphatic heterocycles. The fourth-order valence-electron chi connectivity index (χ4n) is 0.248. The van der Waals surface area contributed by atoms with E-state index in [4.69, 9.17) is 0 Å². The molecule has 0 amide bonds. The monoisotopic (exact) mass is 157 g/mol. The fourth-order valence-corrected chi connectivity index (χ4v) is 0.452. The van der Waals surface area contributed by atoms with Gasteiger partial charge in [0, 0.05) is 12.4 Å². The van der Waals surface area contributed by atoms with E-state index in [1.54, 1.807) is 12.4 Å². The number of rotatable bonds is 0. The zero-order chi connectivity index (χ0) is 5.11. The van der Waals surface area contributed by atoms with Crippen LogP contribution in [0.4, 0.5) is 0 Å². The summed E-state index contributed by atoms with van der Waals surface area (Å²) in [7, 11) is 0. The van der Waals surface area contributed by atoms with Crippen LogP contribution >= 0.6 is 15.9 Å². The third-order valence-corrected chi connectivity index (χ3v) is 0.901. The molecule has 0 saturated heterocycles. The van der Waals surface area contributed by atoms with Gasteiger partial charge in [-0.25, -0.2) is 9.97 Å². The standard InChI is InChI=1S/C4H2BrN2/c5-4-1-6-3-7-2-4/h1-2H. The molecule has 0 aliphatic rings. The summed E-state index contributed by atoms with van der Waals surface area (Å²) in [5, 5.41) is 0. The first-order chi connectivity index (χ1) is 3.39. The van der Waals surface area contributed by atoms with Crippen molar-refractivity contribution in [2.75, 3.05) is 0 Å². The molecule has 0 atom stereocenters. The quantitative estimate of drug-likeness (QED) is 0.563. The molecule has 0 saturated carbocycles. The van der Waals surface area contributed by atoms with Crippen molar-refractivity contribution >= 4 is 15.9 Å². The molecule has 7 heavy (non-hydrogen) atoms. The Kier molecular flexibility index (Phi) is 1.36. The highest BCUT2D eigenvalue weighted by molar-refractivity contribution is 9.10. The van der Waals surface area contributed by atoms with Crippen molar-refractivity contribution in [3.05, 3.63) is 23.2 Å². The highest BCUT2D eigenvalue weighted by atomic mass is 79.9. The minimum absolute atomic E-state index is 0.881. The number of hydrogen-bond donors (Lipinski definition) is 0. The van der Waals surface area contributed by atoms with Gasteiger partial charge in [0.25, 0.3) is 0 Å². The van der Waals surface area contributed by atoms with E-state index in [2.05, 4.69) is 32.2 Å². The van der Waals surface area contributed by atoms with E-state index in [1.165, 1.54) is 0 Å². The first kappa shape index (κ1) is 4.71. The van der Waals surface area contributed by atoms with Gasteiger partial charge in [0.05, 0.1) is 4.47 Å². The average molecular weight is 158 g/mol. The molecular formula is C4H2BrN2. The van der Waals surface area contributed by atoms with Crippen LogP contribution < -0.4 is 0 Å². The maximum absolute atomic E-state index is 3.60. The summed E-state index contributed by atoms with van der Waals surface area (Å²) in [6.45, 7) is 0. The van der Waals surface area contributed by atoms with Crippen molar-refractivity contribution in [1.29, 1.82) is 0 Å². The Hall–Kier alpha value is -0.440. The normalized spacial score (nSPS) is 8.71. The molecule has 2 nitrogen and oxygen atoms in total. The van der Waals surface area contributed by atoms with E-state index < -0.39 is 0 Å². The lowest BCUT2D eigenvalue weighted by Gasteiger charge is -1.78. The summed E-state index contributed by atoms with van der Waals surface area (Å²) in [5.41, 5.74) is 0. The second-order valence-electron chi connectivity index (χ2n) is 1.00. The van der Waals surface area contributed by atoms with Crippen LogP contribution in [0.25, 0.3) is 0 Å². The van der Waals surface area contributed by atoms with Gasteiger partial charge in [0.15, 0.2) is 6.33 Å². The minimum Gasteiger partial charge on any atom is -0.233 e. The summed E-state index contributed by atoms with van der Waals surface area (Å²) in [6, 6.07) is 0. The fraction of sp³-hybridized carbons (Fsp3) is 0. The molecule has 1 rings (SSSR count). The molecule has 0 unspecified atom stereocenters. The molecule has 0 bridgehead atoms. The Labute approximate surface area is 49.7 Å². The van der Waals surface area contributed by atoms with E-state index in [-0.39, 0.29) is 0 Å². The highest BCUT2D eigenvalue weighted by Gasteiger charge is 1.77. The van der Waals surface area contributed by atoms with Crippen LogP contribution in [0, 0.1) is 6.33 Å². The third kappa shape index (κ3) is 1.23. The zero-order valence-corrected chi connectivity index (χ0v) is 5.01. The van der Waals surface area contributed by atoms with E-state index >= 15 is 0 Å². The molecule has 1 heterocycles. The maximum Gasteiger partial charge on any atom is 0.197 e. The van der Waals surface area contributed by atoms with Gasteiger partial charge in [0.2, 0.25) is 0 Å². The van der Waals surface area contributed by atoms with Gasteiger partial charge in [-0.1, -0.05) is 0 Å². The molecule has 0 fully saturated rings. The van der Waals surface area contributed by atoms with Crippen LogP contribution in [0.3, 0.4) is 0 Å². The molecule has 0 N–H and O–H groups in total. The molecule has 0 aromatic carbocycles. The second kappa shape index (κ2) is 2.02.